The van der Waals surface area contributed by atoms with Gasteiger partial charge >= 0.3 is 0 Å². The Bertz CT molecular complexity index is 1160. The zero-order valence-electron chi connectivity index (χ0n) is 15.5. The number of amides is 1. The Kier molecular flexibility index (Phi) is 4.67. The minimum absolute atomic E-state index is 0.0767. The van der Waals surface area contributed by atoms with Crippen LogP contribution in [-0.4, -0.2) is 21.6 Å². The number of hydrogen-bond donors (Lipinski definition) is 1. The molecule has 1 aliphatic carbocycles. The normalized spacial score (nSPS) is 18.3. The Morgan fingerprint density at radius 3 is 2.79 bits per heavy atom. The number of alkyl halides is 1. The van der Waals surface area contributed by atoms with Gasteiger partial charge in [0.05, 0.1) is 10.9 Å². The molecule has 144 valence electrons. The summed E-state index contributed by atoms with van der Waals surface area (Å²) in [6.07, 6.45) is 2.61. The van der Waals surface area contributed by atoms with Crippen LogP contribution in [0.25, 0.3) is 21.9 Å². The fourth-order valence-corrected chi connectivity index (χ4v) is 3.61. The summed E-state index contributed by atoms with van der Waals surface area (Å²) >= 11 is 6.44. The van der Waals surface area contributed by atoms with Gasteiger partial charge in [-0.25, -0.2) is 9.37 Å². The first-order valence-corrected chi connectivity index (χ1v) is 9.51. The van der Waals surface area contributed by atoms with Gasteiger partial charge in [-0.3, -0.25) is 9.59 Å². The maximum Gasteiger partial charge on any atom is 0.251 e. The Balaban J connectivity index is 1.75. The maximum absolute atomic E-state index is 13.1. The molecule has 0 saturated heterocycles. The summed E-state index contributed by atoms with van der Waals surface area (Å²) < 4.78 is 14.7. The van der Waals surface area contributed by atoms with E-state index in [2.05, 4.69) is 10.3 Å². The quantitative estimate of drug-likeness (QED) is 0.709. The molecule has 28 heavy (non-hydrogen) atoms. The number of hydrogen-bond acceptors (Lipinski definition) is 3. The zero-order valence-corrected chi connectivity index (χ0v) is 16.3. The van der Waals surface area contributed by atoms with Crippen molar-refractivity contribution in [2.45, 2.75) is 33.0 Å². The molecule has 0 aliphatic heterocycles. The predicted octanol–water partition coefficient (Wildman–Crippen LogP) is 4.34. The van der Waals surface area contributed by atoms with Gasteiger partial charge in [-0.2, -0.15) is 0 Å². The van der Waals surface area contributed by atoms with E-state index in [-0.39, 0.29) is 17.9 Å². The molecule has 2 atom stereocenters. The number of carbonyl (C=O) groups excluding carboxylic acids is 1. The largest absolute Gasteiger partial charge is 0.316 e. The summed E-state index contributed by atoms with van der Waals surface area (Å²) in [5.74, 6) is -0.594. The molecule has 1 aliphatic rings. The van der Waals surface area contributed by atoms with E-state index in [1.54, 1.807) is 29.0 Å². The molecule has 7 heteroatoms. The number of rotatable bonds is 4. The number of benzene rings is 1. The van der Waals surface area contributed by atoms with Crippen molar-refractivity contribution in [3.8, 4) is 11.1 Å². The molecule has 1 N–H and O–H groups in total. The molecule has 0 bridgehead atoms. The predicted molar refractivity (Wildman–Crippen MR) is 108 cm³/mol. The van der Waals surface area contributed by atoms with E-state index in [1.165, 1.54) is 0 Å². The van der Waals surface area contributed by atoms with Gasteiger partial charge in [0.25, 0.3) is 5.56 Å². The van der Waals surface area contributed by atoms with Crippen molar-refractivity contribution in [2.75, 3.05) is 5.32 Å². The van der Waals surface area contributed by atoms with Crippen LogP contribution in [0.4, 0.5) is 10.2 Å². The van der Waals surface area contributed by atoms with Crippen LogP contribution in [0.5, 0.6) is 0 Å². The first-order chi connectivity index (χ1) is 13.4. The number of fused-ring (bicyclic) bond motifs is 1. The van der Waals surface area contributed by atoms with Gasteiger partial charge in [-0.15, -0.1) is 0 Å². The molecule has 0 radical (unpaired) electrons. The standard InChI is InChI=1S/C21H19ClFN3O2/c1-3-26-10-11(2)14(8-20(26)27)12-4-13-6-19(24-9-16(13)17(22)5-12)25-21(28)15-7-18(15)23/h4-6,8-10,15,18H,3,7H2,1-2H3,(H,24,25,28)/t15-,18+/m1/s1. The monoisotopic (exact) mass is 399 g/mol. The first-order valence-electron chi connectivity index (χ1n) is 9.13. The summed E-state index contributed by atoms with van der Waals surface area (Å²) in [6.45, 7) is 4.47. The minimum atomic E-state index is -1.06. The fraction of sp³-hybridized carbons (Fsp3) is 0.286. The van der Waals surface area contributed by atoms with Crippen LogP contribution in [0.15, 0.2) is 41.5 Å². The van der Waals surface area contributed by atoms with E-state index >= 15 is 0 Å². The van der Waals surface area contributed by atoms with Crippen molar-refractivity contribution in [3.05, 3.63) is 57.6 Å². The molecular formula is C21H19ClFN3O2. The van der Waals surface area contributed by atoms with Gasteiger partial charge in [0.15, 0.2) is 0 Å². The summed E-state index contributed by atoms with van der Waals surface area (Å²) in [4.78, 5) is 28.4. The van der Waals surface area contributed by atoms with Gasteiger partial charge in [-0.1, -0.05) is 11.6 Å². The highest BCUT2D eigenvalue weighted by molar-refractivity contribution is 6.36. The lowest BCUT2D eigenvalue weighted by Gasteiger charge is -2.12. The number of anilines is 1. The third-order valence-corrected chi connectivity index (χ3v) is 5.38. The maximum atomic E-state index is 13.1. The van der Waals surface area contributed by atoms with Crippen molar-refractivity contribution < 1.29 is 9.18 Å². The lowest BCUT2D eigenvalue weighted by atomic mass is 9.99. The third kappa shape index (κ3) is 3.40. The molecule has 2 aromatic heterocycles. The van der Waals surface area contributed by atoms with Crippen molar-refractivity contribution in [2.24, 2.45) is 5.92 Å². The summed E-state index contributed by atoms with van der Waals surface area (Å²) in [5.41, 5.74) is 2.50. The number of aromatic nitrogens is 2. The average molecular weight is 400 g/mol. The summed E-state index contributed by atoms with van der Waals surface area (Å²) in [7, 11) is 0. The van der Waals surface area contributed by atoms with Crippen LogP contribution in [0.1, 0.15) is 18.9 Å². The van der Waals surface area contributed by atoms with E-state index in [1.807, 2.05) is 26.1 Å². The first kappa shape index (κ1) is 18.6. The van der Waals surface area contributed by atoms with E-state index in [9.17, 15) is 14.0 Å². The average Bonchev–Trinajstić information content (AvgIpc) is 3.39. The summed E-state index contributed by atoms with van der Waals surface area (Å²) in [6, 6.07) is 7.03. The lowest BCUT2D eigenvalue weighted by Crippen LogP contribution is -2.18. The second-order valence-electron chi connectivity index (χ2n) is 7.09. The lowest BCUT2D eigenvalue weighted by molar-refractivity contribution is -0.117. The van der Waals surface area contributed by atoms with E-state index in [0.29, 0.717) is 17.4 Å². The van der Waals surface area contributed by atoms with Crippen molar-refractivity contribution in [1.82, 2.24) is 9.55 Å². The molecular weight excluding hydrogens is 381 g/mol. The van der Waals surface area contributed by atoms with Gasteiger partial charge in [0.2, 0.25) is 5.91 Å². The van der Waals surface area contributed by atoms with Gasteiger partial charge < -0.3 is 9.88 Å². The van der Waals surface area contributed by atoms with E-state index < -0.39 is 12.1 Å². The van der Waals surface area contributed by atoms with E-state index in [4.69, 9.17) is 11.6 Å². The number of halogens is 2. The highest BCUT2D eigenvalue weighted by atomic mass is 35.5. The molecule has 4 rings (SSSR count). The van der Waals surface area contributed by atoms with Gasteiger partial charge in [-0.05, 0) is 60.5 Å². The number of nitrogens with one attached hydrogen (secondary N) is 1. The minimum Gasteiger partial charge on any atom is -0.316 e. The number of aryl methyl sites for hydroxylation is 2. The molecule has 1 aromatic carbocycles. The number of nitrogens with zero attached hydrogens (tertiary/aromatic N) is 2. The van der Waals surface area contributed by atoms with Gasteiger partial charge in [0, 0.05) is 30.4 Å². The highest BCUT2D eigenvalue weighted by Gasteiger charge is 2.43. The fourth-order valence-electron chi connectivity index (χ4n) is 3.34. The third-order valence-electron chi connectivity index (χ3n) is 5.06. The Labute approximate surface area is 166 Å². The molecule has 1 amide bonds. The van der Waals surface area contributed by atoms with Crippen molar-refractivity contribution >= 4 is 34.1 Å². The van der Waals surface area contributed by atoms with Crippen molar-refractivity contribution in [3.63, 3.8) is 0 Å². The number of pyridine rings is 2. The number of carbonyl (C=O) groups is 1. The molecule has 1 fully saturated rings. The molecule has 0 unspecified atom stereocenters. The molecule has 2 heterocycles. The zero-order chi connectivity index (χ0) is 20.0. The van der Waals surface area contributed by atoms with E-state index in [0.717, 1.165) is 27.5 Å². The topological polar surface area (TPSA) is 64.0 Å². The molecule has 5 nitrogen and oxygen atoms in total. The highest BCUT2D eigenvalue weighted by Crippen LogP contribution is 2.35. The molecule has 0 spiro atoms. The Hall–Kier alpha value is -2.73. The summed E-state index contributed by atoms with van der Waals surface area (Å²) in [5, 5.41) is 4.67. The van der Waals surface area contributed by atoms with Gasteiger partial charge in [0.1, 0.15) is 12.0 Å². The molecule has 3 aromatic rings. The van der Waals surface area contributed by atoms with Crippen LogP contribution in [0, 0.1) is 12.8 Å². The SMILES string of the molecule is CCn1cc(C)c(-c2cc(Cl)c3cnc(NC(=O)[C@@H]4C[C@@H]4F)cc3c2)cc1=O. The second kappa shape index (κ2) is 7.02. The smallest absolute Gasteiger partial charge is 0.251 e. The van der Waals surface area contributed by atoms with Crippen LogP contribution in [-0.2, 0) is 11.3 Å². The molecule has 1 saturated carbocycles. The van der Waals surface area contributed by atoms with Crippen LogP contribution in [0.3, 0.4) is 0 Å². The van der Waals surface area contributed by atoms with Crippen LogP contribution >= 0.6 is 11.6 Å². The Morgan fingerprint density at radius 1 is 1.36 bits per heavy atom. The van der Waals surface area contributed by atoms with Crippen LogP contribution in [0.2, 0.25) is 5.02 Å². The Morgan fingerprint density at radius 2 is 2.11 bits per heavy atom. The van der Waals surface area contributed by atoms with Crippen LogP contribution < -0.4 is 10.9 Å². The second-order valence-corrected chi connectivity index (χ2v) is 7.50. The van der Waals surface area contributed by atoms with Crippen molar-refractivity contribution in [1.29, 1.82) is 0 Å².